The number of aromatic hydroxyl groups is 1. The van der Waals surface area contributed by atoms with Gasteiger partial charge in [0.05, 0.1) is 41.5 Å². The van der Waals surface area contributed by atoms with E-state index in [0.29, 0.717) is 5.56 Å². The van der Waals surface area contributed by atoms with Crippen LogP contribution >= 0.6 is 11.6 Å². The number of rotatable bonds is 6. The Bertz CT molecular complexity index is 1180. The van der Waals surface area contributed by atoms with Gasteiger partial charge < -0.3 is 25.2 Å². The number of sulfone groups is 1. The van der Waals surface area contributed by atoms with Gasteiger partial charge in [0.2, 0.25) is 0 Å². The third-order valence-electron chi connectivity index (χ3n) is 4.60. The maximum absolute atomic E-state index is 13.0. The average molecular weight is 467 g/mol. The first-order chi connectivity index (χ1) is 14.7. The Hall–Kier alpha value is -3.24. The molecule has 1 aliphatic heterocycles. The van der Waals surface area contributed by atoms with Gasteiger partial charge in [0.25, 0.3) is 0 Å². The fraction of sp³-hybridized carbons (Fsp3) is 0.200. The van der Waals surface area contributed by atoms with Crippen molar-refractivity contribution in [2.45, 2.75) is 10.9 Å². The molecular weight excluding hydrogens is 448 g/mol. The van der Waals surface area contributed by atoms with Crippen molar-refractivity contribution < 1.29 is 32.6 Å². The Kier molecular flexibility index (Phi) is 6.42. The van der Waals surface area contributed by atoms with E-state index in [2.05, 4.69) is 10.6 Å². The molecule has 0 saturated carbocycles. The SMILES string of the molecule is COC(=O)C1=C(CS(=O)(=O)c2ccccc2Cl)NC(=O)NC1c1ccc(O)c(OC)c1. The zero-order valence-corrected chi connectivity index (χ0v) is 18.1. The Morgan fingerprint density at radius 2 is 1.90 bits per heavy atom. The molecule has 3 rings (SSSR count). The number of esters is 1. The average Bonchev–Trinajstić information content (AvgIpc) is 2.73. The number of methoxy groups -OCH3 is 2. The molecule has 31 heavy (non-hydrogen) atoms. The summed E-state index contributed by atoms with van der Waals surface area (Å²) < 4.78 is 35.9. The number of phenolic OH excluding ortho intramolecular Hbond substituents is 1. The van der Waals surface area contributed by atoms with E-state index in [1.165, 1.54) is 43.5 Å². The quantitative estimate of drug-likeness (QED) is 0.556. The number of urea groups is 1. The van der Waals surface area contributed by atoms with Crippen LogP contribution in [0, 0.1) is 0 Å². The predicted molar refractivity (Wildman–Crippen MR) is 112 cm³/mol. The molecular formula is C20H19ClN2O7S. The van der Waals surface area contributed by atoms with E-state index in [1.807, 2.05) is 0 Å². The van der Waals surface area contributed by atoms with E-state index in [-0.39, 0.29) is 32.7 Å². The Morgan fingerprint density at radius 3 is 2.55 bits per heavy atom. The van der Waals surface area contributed by atoms with Gasteiger partial charge in [-0.05, 0) is 29.8 Å². The second kappa shape index (κ2) is 8.86. The van der Waals surface area contributed by atoms with Gasteiger partial charge in [0.1, 0.15) is 0 Å². The molecule has 1 aliphatic rings. The van der Waals surface area contributed by atoms with Gasteiger partial charge in [0, 0.05) is 5.70 Å². The zero-order valence-electron chi connectivity index (χ0n) is 16.5. The first-order valence-corrected chi connectivity index (χ1v) is 10.9. The van der Waals surface area contributed by atoms with Crippen LogP contribution in [0.3, 0.4) is 0 Å². The summed E-state index contributed by atoms with van der Waals surface area (Å²) in [6.45, 7) is 0. The van der Waals surface area contributed by atoms with Crippen LogP contribution in [-0.4, -0.2) is 45.5 Å². The van der Waals surface area contributed by atoms with E-state index < -0.39 is 33.6 Å². The van der Waals surface area contributed by atoms with Crippen LogP contribution in [0.4, 0.5) is 4.79 Å². The summed E-state index contributed by atoms with van der Waals surface area (Å²) in [6, 6.07) is 8.32. The van der Waals surface area contributed by atoms with E-state index >= 15 is 0 Å². The molecule has 0 fully saturated rings. The second-order valence-corrected chi connectivity index (χ2v) is 8.90. The molecule has 9 nitrogen and oxygen atoms in total. The molecule has 0 bridgehead atoms. The molecule has 11 heteroatoms. The molecule has 0 aromatic heterocycles. The number of carbonyl (C=O) groups is 2. The lowest BCUT2D eigenvalue weighted by atomic mass is 9.95. The van der Waals surface area contributed by atoms with Gasteiger partial charge in [-0.15, -0.1) is 0 Å². The van der Waals surface area contributed by atoms with E-state index in [0.717, 1.165) is 7.11 Å². The van der Waals surface area contributed by atoms with Crippen LogP contribution in [0.25, 0.3) is 0 Å². The summed E-state index contributed by atoms with van der Waals surface area (Å²) in [6.07, 6.45) is 0. The summed E-state index contributed by atoms with van der Waals surface area (Å²) >= 11 is 6.03. The van der Waals surface area contributed by atoms with Gasteiger partial charge in [-0.2, -0.15) is 0 Å². The second-order valence-electron chi connectivity index (χ2n) is 6.54. The minimum Gasteiger partial charge on any atom is -0.504 e. The summed E-state index contributed by atoms with van der Waals surface area (Å²) in [7, 11) is -1.53. The first-order valence-electron chi connectivity index (χ1n) is 8.91. The van der Waals surface area contributed by atoms with Gasteiger partial charge >= 0.3 is 12.0 Å². The highest BCUT2D eigenvalue weighted by Crippen LogP contribution is 2.34. The molecule has 2 amide bonds. The number of nitrogens with one attached hydrogen (secondary N) is 2. The lowest BCUT2D eigenvalue weighted by molar-refractivity contribution is -0.136. The fourth-order valence-corrected chi connectivity index (χ4v) is 5.07. The number of hydrogen-bond donors (Lipinski definition) is 3. The van der Waals surface area contributed by atoms with Crippen LogP contribution in [-0.2, 0) is 19.4 Å². The van der Waals surface area contributed by atoms with Crippen molar-refractivity contribution >= 4 is 33.4 Å². The first kappa shape index (κ1) is 22.4. The Labute approximate surface area is 183 Å². The molecule has 0 radical (unpaired) electrons. The predicted octanol–water partition coefficient (Wildman–Crippen LogP) is 2.31. The maximum Gasteiger partial charge on any atom is 0.338 e. The maximum atomic E-state index is 13.0. The summed E-state index contributed by atoms with van der Waals surface area (Å²) in [5.74, 6) is -1.56. The highest BCUT2D eigenvalue weighted by atomic mass is 35.5. The van der Waals surface area contributed by atoms with Crippen LogP contribution < -0.4 is 15.4 Å². The van der Waals surface area contributed by atoms with Crippen molar-refractivity contribution in [1.82, 2.24) is 10.6 Å². The van der Waals surface area contributed by atoms with Crippen LogP contribution in [0.5, 0.6) is 11.5 Å². The van der Waals surface area contributed by atoms with Gasteiger partial charge in [-0.1, -0.05) is 29.8 Å². The molecule has 0 saturated heterocycles. The molecule has 2 aromatic rings. The highest BCUT2D eigenvalue weighted by molar-refractivity contribution is 7.91. The number of ether oxygens (including phenoxy) is 2. The summed E-state index contributed by atoms with van der Waals surface area (Å²) in [5, 5.41) is 14.8. The lowest BCUT2D eigenvalue weighted by Gasteiger charge is -2.29. The minimum absolute atomic E-state index is 0.0165. The van der Waals surface area contributed by atoms with Crippen molar-refractivity contribution in [3.05, 3.63) is 64.3 Å². The fourth-order valence-electron chi connectivity index (χ4n) is 3.17. The largest absolute Gasteiger partial charge is 0.504 e. The third kappa shape index (κ3) is 4.59. The van der Waals surface area contributed by atoms with Crippen molar-refractivity contribution in [2.75, 3.05) is 20.0 Å². The van der Waals surface area contributed by atoms with Crippen LogP contribution in [0.15, 0.2) is 58.6 Å². The number of halogens is 1. The molecule has 1 unspecified atom stereocenters. The van der Waals surface area contributed by atoms with E-state index in [1.54, 1.807) is 6.07 Å². The molecule has 1 atom stereocenters. The Morgan fingerprint density at radius 1 is 1.19 bits per heavy atom. The summed E-state index contributed by atoms with van der Waals surface area (Å²) in [5.41, 5.74) is 0.121. The lowest BCUT2D eigenvalue weighted by Crippen LogP contribution is -2.47. The van der Waals surface area contributed by atoms with Crippen molar-refractivity contribution in [1.29, 1.82) is 0 Å². The van der Waals surface area contributed by atoms with Gasteiger partial charge in [-0.25, -0.2) is 18.0 Å². The minimum atomic E-state index is -4.02. The van der Waals surface area contributed by atoms with Crippen molar-refractivity contribution in [3.8, 4) is 11.5 Å². The standard InChI is InChI=1S/C20H19ClN2O7S/c1-29-15-9-11(7-8-14(15)24)18-17(19(25)30-2)13(22-20(26)23-18)10-31(27,28)16-6-4-3-5-12(16)21/h3-9,18,24H,10H2,1-2H3,(H2,22,23,26). The number of amides is 2. The molecule has 164 valence electrons. The normalized spacial score (nSPS) is 16.4. The number of phenols is 1. The molecule has 1 heterocycles. The Balaban J connectivity index is 2.14. The number of benzene rings is 2. The van der Waals surface area contributed by atoms with Gasteiger partial charge in [-0.3, -0.25) is 0 Å². The molecule has 3 N–H and O–H groups in total. The smallest absolute Gasteiger partial charge is 0.338 e. The molecule has 0 spiro atoms. The topological polar surface area (TPSA) is 131 Å². The van der Waals surface area contributed by atoms with Gasteiger partial charge in [0.15, 0.2) is 21.3 Å². The highest BCUT2D eigenvalue weighted by Gasteiger charge is 2.36. The number of hydrogen-bond acceptors (Lipinski definition) is 7. The molecule has 0 aliphatic carbocycles. The van der Waals surface area contributed by atoms with E-state index in [4.69, 9.17) is 21.1 Å². The van der Waals surface area contributed by atoms with Crippen molar-refractivity contribution in [3.63, 3.8) is 0 Å². The third-order valence-corrected chi connectivity index (χ3v) is 6.74. The number of carbonyl (C=O) groups excluding carboxylic acids is 2. The summed E-state index contributed by atoms with van der Waals surface area (Å²) in [4.78, 5) is 24.8. The van der Waals surface area contributed by atoms with E-state index in [9.17, 15) is 23.1 Å². The zero-order chi connectivity index (χ0) is 22.8. The van der Waals surface area contributed by atoms with Crippen LogP contribution in [0.2, 0.25) is 5.02 Å². The van der Waals surface area contributed by atoms with Crippen LogP contribution in [0.1, 0.15) is 11.6 Å². The molecule has 2 aromatic carbocycles. The van der Waals surface area contributed by atoms with Crippen molar-refractivity contribution in [2.24, 2.45) is 0 Å². The monoisotopic (exact) mass is 466 g/mol.